The van der Waals surface area contributed by atoms with E-state index in [9.17, 15) is 9.90 Å². The molecule has 1 aliphatic rings. The van der Waals surface area contributed by atoms with Gasteiger partial charge in [-0.05, 0) is 53.8 Å². The molecule has 5 nitrogen and oxygen atoms in total. The molecule has 0 spiro atoms. The van der Waals surface area contributed by atoms with Crippen LogP contribution in [0.4, 0.5) is 0 Å². The summed E-state index contributed by atoms with van der Waals surface area (Å²) < 4.78 is 11.8. The van der Waals surface area contributed by atoms with Gasteiger partial charge >= 0.3 is 0 Å². The normalized spacial score (nSPS) is 21.6. The first-order valence-corrected chi connectivity index (χ1v) is 10.6. The second kappa shape index (κ2) is 10.4. The maximum absolute atomic E-state index is 12.8. The summed E-state index contributed by atoms with van der Waals surface area (Å²) in [6.07, 6.45) is 2.82. The molecular weight excluding hydrogens is 374 g/mol. The number of amides is 1. The van der Waals surface area contributed by atoms with Gasteiger partial charge in [-0.1, -0.05) is 30.3 Å². The zero-order valence-corrected chi connectivity index (χ0v) is 16.9. The Morgan fingerprint density at radius 2 is 2.11 bits per heavy atom. The molecule has 3 unspecified atom stereocenters. The monoisotopic (exact) mass is 401 g/mol. The van der Waals surface area contributed by atoms with Crippen LogP contribution in [0.2, 0.25) is 0 Å². The van der Waals surface area contributed by atoms with Gasteiger partial charge in [-0.25, -0.2) is 0 Å². The van der Waals surface area contributed by atoms with Gasteiger partial charge in [0.25, 0.3) is 5.91 Å². The largest absolute Gasteiger partial charge is 0.459 e. The standard InChI is InChI=1S/C22H27NO4S/c1-2-26-22-18(9-6-11-24)19(17-10-12-28-15-17)13-20(27-22)21(25)23-14-16-7-4-3-5-8-16/h3-5,7-8,10,12-13,15,18-19,22,24H,2,6,9,11,14H2,1H3,(H,23,25). The highest BCUT2D eigenvalue weighted by atomic mass is 32.1. The molecule has 3 rings (SSSR count). The van der Waals surface area contributed by atoms with E-state index < -0.39 is 6.29 Å². The molecule has 1 aromatic heterocycles. The van der Waals surface area contributed by atoms with Crippen molar-refractivity contribution in [3.8, 4) is 0 Å². The molecule has 2 aromatic rings. The Labute approximate surface area is 170 Å². The van der Waals surface area contributed by atoms with Crippen LogP contribution in [-0.4, -0.2) is 30.5 Å². The van der Waals surface area contributed by atoms with Crippen molar-refractivity contribution in [2.75, 3.05) is 13.2 Å². The van der Waals surface area contributed by atoms with Crippen molar-refractivity contribution >= 4 is 17.2 Å². The first-order valence-electron chi connectivity index (χ1n) is 9.68. The van der Waals surface area contributed by atoms with Crippen molar-refractivity contribution in [2.45, 2.75) is 38.5 Å². The maximum Gasteiger partial charge on any atom is 0.286 e. The van der Waals surface area contributed by atoms with Crippen LogP contribution in [0.15, 0.2) is 59.0 Å². The molecule has 0 bridgehead atoms. The van der Waals surface area contributed by atoms with Crippen molar-refractivity contribution < 1.29 is 19.4 Å². The number of rotatable bonds is 9. The van der Waals surface area contributed by atoms with E-state index in [1.54, 1.807) is 11.3 Å². The molecule has 3 atom stereocenters. The van der Waals surface area contributed by atoms with E-state index in [1.165, 1.54) is 0 Å². The van der Waals surface area contributed by atoms with Gasteiger partial charge in [-0.15, -0.1) is 0 Å². The molecule has 0 saturated carbocycles. The molecule has 150 valence electrons. The van der Waals surface area contributed by atoms with Gasteiger partial charge in [0.05, 0.1) is 0 Å². The fourth-order valence-corrected chi connectivity index (χ4v) is 4.18. The van der Waals surface area contributed by atoms with Crippen molar-refractivity contribution in [3.63, 3.8) is 0 Å². The minimum atomic E-state index is -0.510. The summed E-state index contributed by atoms with van der Waals surface area (Å²) in [6.45, 7) is 2.98. The lowest BCUT2D eigenvalue weighted by Gasteiger charge is -2.36. The van der Waals surface area contributed by atoms with Crippen LogP contribution in [0, 0.1) is 5.92 Å². The van der Waals surface area contributed by atoms with Crippen molar-refractivity contribution in [1.29, 1.82) is 0 Å². The lowest BCUT2D eigenvalue weighted by molar-refractivity contribution is -0.166. The molecule has 28 heavy (non-hydrogen) atoms. The van der Waals surface area contributed by atoms with E-state index in [0.29, 0.717) is 25.3 Å². The zero-order valence-electron chi connectivity index (χ0n) is 16.0. The van der Waals surface area contributed by atoms with Crippen LogP contribution in [0.3, 0.4) is 0 Å². The third-order valence-electron chi connectivity index (χ3n) is 4.86. The Morgan fingerprint density at radius 3 is 2.79 bits per heavy atom. The van der Waals surface area contributed by atoms with Gasteiger partial charge in [-0.2, -0.15) is 11.3 Å². The minimum Gasteiger partial charge on any atom is -0.459 e. The van der Waals surface area contributed by atoms with Crippen molar-refractivity contribution in [3.05, 3.63) is 70.1 Å². The van der Waals surface area contributed by atoms with Gasteiger partial charge in [-0.3, -0.25) is 4.79 Å². The number of aliphatic hydroxyl groups excluding tert-OH is 1. The molecule has 2 N–H and O–H groups in total. The van der Waals surface area contributed by atoms with Gasteiger partial charge in [0.2, 0.25) is 6.29 Å². The Morgan fingerprint density at radius 1 is 1.29 bits per heavy atom. The highest BCUT2D eigenvalue weighted by Crippen LogP contribution is 2.40. The predicted octanol–water partition coefficient (Wildman–Crippen LogP) is 3.81. The number of hydrogen-bond acceptors (Lipinski definition) is 5. The number of nitrogens with one attached hydrogen (secondary N) is 1. The summed E-state index contributed by atoms with van der Waals surface area (Å²) in [7, 11) is 0. The molecular formula is C22H27NO4S. The van der Waals surface area contributed by atoms with Gasteiger partial charge < -0.3 is 19.9 Å². The number of ether oxygens (including phenoxy) is 2. The average molecular weight is 402 g/mol. The van der Waals surface area contributed by atoms with E-state index in [-0.39, 0.29) is 24.3 Å². The molecule has 0 fully saturated rings. The van der Waals surface area contributed by atoms with E-state index >= 15 is 0 Å². The lowest BCUT2D eigenvalue weighted by atomic mass is 9.81. The second-order valence-electron chi connectivity index (χ2n) is 6.75. The van der Waals surface area contributed by atoms with E-state index in [1.807, 2.05) is 48.7 Å². The molecule has 1 amide bonds. The van der Waals surface area contributed by atoms with E-state index in [4.69, 9.17) is 9.47 Å². The van der Waals surface area contributed by atoms with E-state index in [0.717, 1.165) is 17.5 Å². The quantitative estimate of drug-likeness (QED) is 0.670. The first-order chi connectivity index (χ1) is 13.7. The fourth-order valence-electron chi connectivity index (χ4n) is 3.47. The number of hydrogen-bond donors (Lipinski definition) is 2. The number of aliphatic hydroxyl groups is 1. The Hall–Kier alpha value is -2.15. The third-order valence-corrected chi connectivity index (χ3v) is 5.56. The average Bonchev–Trinajstić information content (AvgIpc) is 3.26. The predicted molar refractivity (Wildman–Crippen MR) is 110 cm³/mol. The topological polar surface area (TPSA) is 67.8 Å². The van der Waals surface area contributed by atoms with Crippen LogP contribution in [0.5, 0.6) is 0 Å². The highest BCUT2D eigenvalue weighted by molar-refractivity contribution is 7.08. The minimum absolute atomic E-state index is 0.0144. The van der Waals surface area contributed by atoms with Gasteiger partial charge in [0.1, 0.15) is 0 Å². The first kappa shape index (κ1) is 20.6. The molecule has 1 aliphatic heterocycles. The molecule has 6 heteroatoms. The number of benzene rings is 1. The molecule has 0 saturated heterocycles. The van der Waals surface area contributed by atoms with Crippen molar-refractivity contribution in [1.82, 2.24) is 5.32 Å². The number of carbonyl (C=O) groups is 1. The summed E-state index contributed by atoms with van der Waals surface area (Å²) in [4.78, 5) is 12.8. The van der Waals surface area contributed by atoms with Crippen LogP contribution in [-0.2, 0) is 20.8 Å². The Balaban J connectivity index is 1.79. The van der Waals surface area contributed by atoms with Crippen LogP contribution < -0.4 is 5.32 Å². The smallest absolute Gasteiger partial charge is 0.286 e. The maximum atomic E-state index is 12.8. The summed E-state index contributed by atoms with van der Waals surface area (Å²) >= 11 is 1.63. The second-order valence-corrected chi connectivity index (χ2v) is 7.53. The number of carbonyl (C=O) groups excluding carboxylic acids is 1. The van der Waals surface area contributed by atoms with Gasteiger partial charge in [0.15, 0.2) is 5.76 Å². The summed E-state index contributed by atoms with van der Waals surface area (Å²) in [5, 5.41) is 16.4. The Kier molecular flexibility index (Phi) is 7.65. The third kappa shape index (κ3) is 5.22. The number of allylic oxidation sites excluding steroid dienone is 1. The molecule has 0 aliphatic carbocycles. The summed E-state index contributed by atoms with van der Waals surface area (Å²) in [5.74, 6) is 0.119. The summed E-state index contributed by atoms with van der Waals surface area (Å²) in [6, 6.07) is 11.9. The van der Waals surface area contributed by atoms with Crippen LogP contribution in [0.25, 0.3) is 0 Å². The number of thiophene rings is 1. The SMILES string of the molecule is CCOC1OC(C(=O)NCc2ccccc2)=CC(c2ccsc2)C1CCCO. The fraction of sp³-hybridized carbons (Fsp3) is 0.409. The van der Waals surface area contributed by atoms with E-state index in [2.05, 4.69) is 16.8 Å². The molecule has 1 aromatic carbocycles. The Bertz CT molecular complexity index is 760. The lowest BCUT2D eigenvalue weighted by Crippen LogP contribution is -2.38. The van der Waals surface area contributed by atoms with Crippen molar-refractivity contribution in [2.24, 2.45) is 5.92 Å². The van der Waals surface area contributed by atoms with Gasteiger partial charge in [0, 0.05) is 31.6 Å². The molecule has 0 radical (unpaired) electrons. The van der Waals surface area contributed by atoms with Crippen LogP contribution in [0.1, 0.15) is 36.8 Å². The highest BCUT2D eigenvalue weighted by Gasteiger charge is 2.37. The summed E-state index contributed by atoms with van der Waals surface area (Å²) in [5.41, 5.74) is 2.18. The van der Waals surface area contributed by atoms with Crippen LogP contribution >= 0.6 is 11.3 Å². The molecule has 2 heterocycles. The zero-order chi connectivity index (χ0) is 19.8.